The number of rotatable bonds is 4. The number of benzene rings is 6. The van der Waals surface area contributed by atoms with Gasteiger partial charge in [-0.1, -0.05) is 119 Å². The third-order valence-electron chi connectivity index (χ3n) is 7.28. The van der Waals surface area contributed by atoms with Gasteiger partial charge in [0.15, 0.2) is 0 Å². The molecule has 0 fully saturated rings. The van der Waals surface area contributed by atoms with Crippen LogP contribution in [0.25, 0.3) is 60.9 Å². The Morgan fingerprint density at radius 3 is 1.82 bits per heavy atom. The minimum absolute atomic E-state index is 1.08. The number of halogens is 1. The van der Waals surface area contributed by atoms with Crippen LogP contribution in [0.2, 0.25) is 0 Å². The van der Waals surface area contributed by atoms with Crippen LogP contribution in [0.5, 0.6) is 0 Å². The van der Waals surface area contributed by atoms with E-state index in [1.165, 1.54) is 60.9 Å². The second-order valence-electron chi connectivity index (χ2n) is 9.55. The molecule has 0 bridgehead atoms. The van der Waals surface area contributed by atoms with E-state index in [0.29, 0.717) is 0 Å². The van der Waals surface area contributed by atoms with E-state index < -0.39 is 0 Å². The number of para-hydroxylation sites is 2. The van der Waals surface area contributed by atoms with Gasteiger partial charge in [-0.05, 0) is 75.8 Å². The zero-order chi connectivity index (χ0) is 25.5. The fourth-order valence-corrected chi connectivity index (χ4v) is 5.73. The third-order valence-corrected chi connectivity index (χ3v) is 7.81. The Labute approximate surface area is 230 Å². The standard InChI is InChI=1S/C36H24BrN/c37-29-19-15-26(16-20-29)31-21-17-27(25-9-3-1-4-10-25)23-34(31)28-18-22-33-32-13-7-8-14-35(32)38(36(33)24-28)30-11-5-2-6-12-30/h1-24H. The fraction of sp³-hybridized carbons (Fsp3) is 0. The SMILES string of the molecule is Brc1ccc(-c2ccc(-c3ccccc3)cc2-c2ccc3c4ccccc4n(-c4ccccc4)c3c2)cc1. The molecule has 0 aliphatic heterocycles. The predicted molar refractivity (Wildman–Crippen MR) is 165 cm³/mol. The summed E-state index contributed by atoms with van der Waals surface area (Å²) in [5, 5.41) is 2.53. The number of fused-ring (bicyclic) bond motifs is 3. The van der Waals surface area contributed by atoms with Gasteiger partial charge in [0.1, 0.15) is 0 Å². The molecule has 0 unspecified atom stereocenters. The maximum Gasteiger partial charge on any atom is 0.0547 e. The van der Waals surface area contributed by atoms with Crippen molar-refractivity contribution >= 4 is 37.7 Å². The van der Waals surface area contributed by atoms with Crippen molar-refractivity contribution in [1.82, 2.24) is 4.57 Å². The van der Waals surface area contributed by atoms with E-state index in [-0.39, 0.29) is 0 Å². The lowest BCUT2D eigenvalue weighted by atomic mass is 9.90. The second kappa shape index (κ2) is 9.48. The average molecular weight is 550 g/mol. The summed E-state index contributed by atoms with van der Waals surface area (Å²) >= 11 is 3.59. The summed E-state index contributed by atoms with van der Waals surface area (Å²) in [5.74, 6) is 0. The Balaban J connectivity index is 1.51. The summed E-state index contributed by atoms with van der Waals surface area (Å²) in [5.41, 5.74) is 10.9. The van der Waals surface area contributed by atoms with Crippen LogP contribution in [0.1, 0.15) is 0 Å². The topological polar surface area (TPSA) is 4.93 Å². The minimum Gasteiger partial charge on any atom is -0.309 e. The molecule has 1 aromatic heterocycles. The van der Waals surface area contributed by atoms with Crippen LogP contribution in [0.3, 0.4) is 0 Å². The summed E-state index contributed by atoms with van der Waals surface area (Å²) in [7, 11) is 0. The summed E-state index contributed by atoms with van der Waals surface area (Å²) in [6, 6.07) is 52.3. The van der Waals surface area contributed by atoms with E-state index in [4.69, 9.17) is 0 Å². The zero-order valence-corrected chi connectivity index (χ0v) is 22.3. The molecule has 0 N–H and O–H groups in total. The van der Waals surface area contributed by atoms with Gasteiger partial charge >= 0.3 is 0 Å². The third kappa shape index (κ3) is 3.95. The quantitative estimate of drug-likeness (QED) is 0.205. The van der Waals surface area contributed by atoms with Crippen LogP contribution in [-0.2, 0) is 0 Å². The predicted octanol–water partition coefficient (Wildman–Crippen LogP) is 10.5. The molecule has 0 saturated heterocycles. The van der Waals surface area contributed by atoms with Gasteiger partial charge in [0.25, 0.3) is 0 Å². The van der Waals surface area contributed by atoms with Crippen molar-refractivity contribution in [2.75, 3.05) is 0 Å². The van der Waals surface area contributed by atoms with Gasteiger partial charge in [-0.2, -0.15) is 0 Å². The molecular formula is C36H24BrN. The van der Waals surface area contributed by atoms with Crippen LogP contribution in [0.15, 0.2) is 150 Å². The Morgan fingerprint density at radius 2 is 1.03 bits per heavy atom. The molecule has 7 rings (SSSR count). The van der Waals surface area contributed by atoms with Crippen LogP contribution in [-0.4, -0.2) is 4.57 Å². The number of hydrogen-bond donors (Lipinski definition) is 0. The van der Waals surface area contributed by atoms with E-state index in [0.717, 1.165) is 4.47 Å². The Kier molecular flexibility index (Phi) is 5.68. The highest BCUT2D eigenvalue weighted by atomic mass is 79.9. The Bertz CT molecular complexity index is 1900. The number of aromatic nitrogens is 1. The second-order valence-corrected chi connectivity index (χ2v) is 10.5. The molecule has 0 saturated carbocycles. The molecule has 180 valence electrons. The molecule has 0 aliphatic rings. The van der Waals surface area contributed by atoms with Gasteiger partial charge in [0.05, 0.1) is 11.0 Å². The van der Waals surface area contributed by atoms with Crippen molar-refractivity contribution in [2.45, 2.75) is 0 Å². The van der Waals surface area contributed by atoms with Crippen molar-refractivity contribution < 1.29 is 0 Å². The highest BCUT2D eigenvalue weighted by molar-refractivity contribution is 9.10. The van der Waals surface area contributed by atoms with Crippen LogP contribution in [0.4, 0.5) is 0 Å². The molecule has 6 aromatic carbocycles. The van der Waals surface area contributed by atoms with E-state index in [1.807, 2.05) is 0 Å². The molecule has 7 aromatic rings. The maximum absolute atomic E-state index is 3.59. The molecule has 0 radical (unpaired) electrons. The lowest BCUT2D eigenvalue weighted by Crippen LogP contribution is -1.93. The first-order chi connectivity index (χ1) is 18.8. The van der Waals surface area contributed by atoms with E-state index in [2.05, 4.69) is 166 Å². The first-order valence-corrected chi connectivity index (χ1v) is 13.6. The average Bonchev–Trinajstić information content (AvgIpc) is 3.32. The van der Waals surface area contributed by atoms with E-state index in [1.54, 1.807) is 0 Å². The van der Waals surface area contributed by atoms with Crippen molar-refractivity contribution in [3.05, 3.63) is 150 Å². The molecule has 2 heteroatoms. The molecule has 0 amide bonds. The molecule has 0 spiro atoms. The van der Waals surface area contributed by atoms with Crippen LogP contribution in [0, 0.1) is 0 Å². The number of hydrogen-bond acceptors (Lipinski definition) is 0. The van der Waals surface area contributed by atoms with Gasteiger partial charge in [0.2, 0.25) is 0 Å². The monoisotopic (exact) mass is 549 g/mol. The fourth-order valence-electron chi connectivity index (χ4n) is 5.47. The first kappa shape index (κ1) is 22.8. The Hall–Kier alpha value is -4.40. The van der Waals surface area contributed by atoms with E-state index >= 15 is 0 Å². The summed E-state index contributed by atoms with van der Waals surface area (Å²) in [4.78, 5) is 0. The molecule has 0 atom stereocenters. The summed E-state index contributed by atoms with van der Waals surface area (Å²) < 4.78 is 3.46. The van der Waals surface area contributed by atoms with Crippen LogP contribution >= 0.6 is 15.9 Å². The number of nitrogens with zero attached hydrogens (tertiary/aromatic N) is 1. The molecule has 0 aliphatic carbocycles. The van der Waals surface area contributed by atoms with Gasteiger partial charge in [0, 0.05) is 20.9 Å². The summed E-state index contributed by atoms with van der Waals surface area (Å²) in [6.07, 6.45) is 0. The zero-order valence-electron chi connectivity index (χ0n) is 20.7. The lowest BCUT2D eigenvalue weighted by Gasteiger charge is -2.14. The minimum atomic E-state index is 1.08. The normalized spacial score (nSPS) is 11.3. The Morgan fingerprint density at radius 1 is 0.395 bits per heavy atom. The van der Waals surface area contributed by atoms with Crippen LogP contribution < -0.4 is 0 Å². The van der Waals surface area contributed by atoms with Crippen molar-refractivity contribution in [3.8, 4) is 39.1 Å². The van der Waals surface area contributed by atoms with Gasteiger partial charge in [-0.3, -0.25) is 0 Å². The van der Waals surface area contributed by atoms with Crippen molar-refractivity contribution in [1.29, 1.82) is 0 Å². The van der Waals surface area contributed by atoms with Crippen molar-refractivity contribution in [2.24, 2.45) is 0 Å². The largest absolute Gasteiger partial charge is 0.309 e. The van der Waals surface area contributed by atoms with Gasteiger partial charge in [-0.15, -0.1) is 0 Å². The van der Waals surface area contributed by atoms with Gasteiger partial charge < -0.3 is 4.57 Å². The highest BCUT2D eigenvalue weighted by Gasteiger charge is 2.15. The highest BCUT2D eigenvalue weighted by Crippen LogP contribution is 2.39. The molecule has 1 nitrogen and oxygen atoms in total. The molecule has 38 heavy (non-hydrogen) atoms. The van der Waals surface area contributed by atoms with E-state index in [9.17, 15) is 0 Å². The smallest absolute Gasteiger partial charge is 0.0547 e. The maximum atomic E-state index is 3.59. The van der Waals surface area contributed by atoms with Gasteiger partial charge in [-0.25, -0.2) is 0 Å². The first-order valence-electron chi connectivity index (χ1n) is 12.8. The summed E-state index contributed by atoms with van der Waals surface area (Å²) in [6.45, 7) is 0. The molecular weight excluding hydrogens is 526 g/mol. The van der Waals surface area contributed by atoms with Crippen molar-refractivity contribution in [3.63, 3.8) is 0 Å². The lowest BCUT2D eigenvalue weighted by molar-refractivity contribution is 1.18. The molecule has 1 heterocycles.